The second-order valence-corrected chi connectivity index (χ2v) is 2.74. The quantitative estimate of drug-likeness (QED) is 0.526. The average molecular weight is 135 g/mol. The molecule has 52 valence electrons. The van der Waals surface area contributed by atoms with Crippen LogP contribution in [-0.2, 0) is 4.79 Å². The Bertz CT molecular complexity index is 227. The maximum Gasteiger partial charge on any atom is 0.224 e. The van der Waals surface area contributed by atoms with Crippen LogP contribution in [-0.4, -0.2) is 5.91 Å². The minimum Gasteiger partial charge on any atom is -0.329 e. The molecule has 1 saturated heterocycles. The van der Waals surface area contributed by atoms with Gasteiger partial charge >= 0.3 is 0 Å². The van der Waals surface area contributed by atoms with Crippen molar-refractivity contribution in [3.05, 3.63) is 23.9 Å². The highest BCUT2D eigenvalue weighted by Gasteiger charge is 2.26. The molecule has 0 spiro atoms. The van der Waals surface area contributed by atoms with E-state index in [1.165, 1.54) is 0 Å². The molecule has 1 unspecified atom stereocenters. The molecule has 2 nitrogen and oxygen atoms in total. The highest BCUT2D eigenvalue weighted by atomic mass is 16.1. The molecule has 1 heterocycles. The Morgan fingerprint density at radius 2 is 2.50 bits per heavy atom. The maximum atomic E-state index is 10.8. The molecule has 0 aromatic heterocycles. The molecule has 10 heavy (non-hydrogen) atoms. The lowest BCUT2D eigenvalue weighted by Gasteiger charge is -2.09. The summed E-state index contributed by atoms with van der Waals surface area (Å²) < 4.78 is 0. The third-order valence-electron chi connectivity index (χ3n) is 1.99. The molecule has 0 saturated carbocycles. The van der Waals surface area contributed by atoms with E-state index in [1.807, 2.05) is 12.2 Å². The number of fused-ring (bicyclic) bond motifs is 1. The van der Waals surface area contributed by atoms with Gasteiger partial charge in [0.15, 0.2) is 0 Å². The molecular weight excluding hydrogens is 126 g/mol. The number of allylic oxidation sites excluding steroid dienone is 4. The van der Waals surface area contributed by atoms with Crippen molar-refractivity contribution in [2.45, 2.75) is 12.8 Å². The van der Waals surface area contributed by atoms with Crippen molar-refractivity contribution < 1.29 is 4.79 Å². The average Bonchev–Trinajstić information content (AvgIpc) is 2.27. The van der Waals surface area contributed by atoms with E-state index in [4.69, 9.17) is 0 Å². The van der Waals surface area contributed by atoms with E-state index < -0.39 is 0 Å². The van der Waals surface area contributed by atoms with E-state index >= 15 is 0 Å². The van der Waals surface area contributed by atoms with Crippen molar-refractivity contribution >= 4 is 5.91 Å². The van der Waals surface area contributed by atoms with E-state index in [0.29, 0.717) is 12.3 Å². The first-order valence-corrected chi connectivity index (χ1v) is 3.53. The lowest BCUT2D eigenvalue weighted by atomic mass is 9.97. The molecule has 1 N–H and O–H groups in total. The molecule has 1 aliphatic carbocycles. The molecular formula is C8H9NO. The zero-order valence-corrected chi connectivity index (χ0v) is 5.63. The van der Waals surface area contributed by atoms with Gasteiger partial charge in [0.25, 0.3) is 0 Å². The summed E-state index contributed by atoms with van der Waals surface area (Å²) in [6.07, 6.45) is 7.78. The lowest BCUT2D eigenvalue weighted by Crippen LogP contribution is -2.12. The van der Waals surface area contributed by atoms with Crippen LogP contribution in [0.25, 0.3) is 0 Å². The molecule has 0 aromatic carbocycles. The van der Waals surface area contributed by atoms with E-state index in [1.54, 1.807) is 0 Å². The fraction of sp³-hybridized carbons (Fsp3) is 0.375. The molecule has 0 bridgehead atoms. The second-order valence-electron chi connectivity index (χ2n) is 2.74. The van der Waals surface area contributed by atoms with Crippen LogP contribution in [0.2, 0.25) is 0 Å². The van der Waals surface area contributed by atoms with Gasteiger partial charge in [-0.1, -0.05) is 12.2 Å². The van der Waals surface area contributed by atoms with Crippen molar-refractivity contribution in [2.24, 2.45) is 5.92 Å². The summed E-state index contributed by atoms with van der Waals surface area (Å²) in [5.74, 6) is 0.623. The normalized spacial score (nSPS) is 29.4. The number of amides is 1. The van der Waals surface area contributed by atoms with E-state index in [0.717, 1.165) is 12.1 Å². The van der Waals surface area contributed by atoms with E-state index in [9.17, 15) is 4.79 Å². The van der Waals surface area contributed by atoms with Gasteiger partial charge in [-0.3, -0.25) is 4.79 Å². The second kappa shape index (κ2) is 1.97. The van der Waals surface area contributed by atoms with Crippen molar-refractivity contribution in [3.8, 4) is 0 Å². The number of hydrogen-bond donors (Lipinski definition) is 1. The monoisotopic (exact) mass is 135 g/mol. The third kappa shape index (κ3) is 0.764. The van der Waals surface area contributed by atoms with Gasteiger partial charge in [-0.15, -0.1) is 0 Å². The summed E-state index contributed by atoms with van der Waals surface area (Å²) >= 11 is 0. The number of carbonyl (C=O) groups is 1. The first-order chi connectivity index (χ1) is 4.86. The van der Waals surface area contributed by atoms with Gasteiger partial charge < -0.3 is 5.32 Å². The summed E-state index contributed by atoms with van der Waals surface area (Å²) in [6, 6.07) is 0. The summed E-state index contributed by atoms with van der Waals surface area (Å²) in [5.41, 5.74) is 1.10. The van der Waals surface area contributed by atoms with Gasteiger partial charge in [-0.05, 0) is 12.5 Å². The first-order valence-electron chi connectivity index (χ1n) is 3.53. The van der Waals surface area contributed by atoms with Gasteiger partial charge in [0.1, 0.15) is 0 Å². The van der Waals surface area contributed by atoms with Gasteiger partial charge in [0, 0.05) is 18.0 Å². The molecule has 2 rings (SSSR count). The molecule has 0 aromatic rings. The fourth-order valence-electron chi connectivity index (χ4n) is 1.45. The summed E-state index contributed by atoms with van der Waals surface area (Å²) in [4.78, 5) is 10.8. The van der Waals surface area contributed by atoms with Gasteiger partial charge in [0.2, 0.25) is 5.91 Å². The Balaban J connectivity index is 2.26. The van der Waals surface area contributed by atoms with Crippen LogP contribution in [0.5, 0.6) is 0 Å². The molecule has 2 heteroatoms. The Labute approximate surface area is 59.6 Å². The fourth-order valence-corrected chi connectivity index (χ4v) is 1.45. The van der Waals surface area contributed by atoms with Gasteiger partial charge in [-0.2, -0.15) is 0 Å². The highest BCUT2D eigenvalue weighted by molar-refractivity contribution is 5.82. The topological polar surface area (TPSA) is 29.1 Å². The minimum atomic E-state index is 0.167. The van der Waals surface area contributed by atoms with E-state index in [-0.39, 0.29) is 5.91 Å². The van der Waals surface area contributed by atoms with Crippen molar-refractivity contribution in [3.63, 3.8) is 0 Å². The van der Waals surface area contributed by atoms with Crippen molar-refractivity contribution in [1.29, 1.82) is 0 Å². The zero-order valence-electron chi connectivity index (χ0n) is 5.63. The summed E-state index contributed by atoms with van der Waals surface area (Å²) in [7, 11) is 0. The first kappa shape index (κ1) is 5.71. The summed E-state index contributed by atoms with van der Waals surface area (Å²) in [6.45, 7) is 0. The molecule has 1 atom stereocenters. The Hall–Kier alpha value is -1.05. The number of carbonyl (C=O) groups excluding carboxylic acids is 1. The van der Waals surface area contributed by atoms with Crippen molar-refractivity contribution in [1.82, 2.24) is 5.32 Å². The van der Waals surface area contributed by atoms with Crippen LogP contribution in [0.3, 0.4) is 0 Å². The predicted molar refractivity (Wildman–Crippen MR) is 38.1 cm³/mol. The lowest BCUT2D eigenvalue weighted by molar-refractivity contribution is -0.119. The molecule has 1 fully saturated rings. The van der Waals surface area contributed by atoms with Crippen LogP contribution >= 0.6 is 0 Å². The van der Waals surface area contributed by atoms with Crippen LogP contribution < -0.4 is 5.32 Å². The Morgan fingerprint density at radius 3 is 3.30 bits per heavy atom. The van der Waals surface area contributed by atoms with Crippen LogP contribution in [0.4, 0.5) is 0 Å². The predicted octanol–water partition coefficient (Wildman–Crippen LogP) is 0.966. The Morgan fingerprint density at radius 1 is 1.60 bits per heavy atom. The van der Waals surface area contributed by atoms with Gasteiger partial charge in [0.05, 0.1) is 0 Å². The Kier molecular flexibility index (Phi) is 1.13. The highest BCUT2D eigenvalue weighted by Crippen LogP contribution is 2.26. The van der Waals surface area contributed by atoms with E-state index in [2.05, 4.69) is 11.4 Å². The molecule has 2 aliphatic rings. The smallest absolute Gasteiger partial charge is 0.224 e. The number of nitrogens with one attached hydrogen (secondary N) is 1. The molecule has 1 amide bonds. The van der Waals surface area contributed by atoms with Crippen LogP contribution in [0, 0.1) is 5.92 Å². The summed E-state index contributed by atoms with van der Waals surface area (Å²) in [5, 5.41) is 2.83. The maximum absolute atomic E-state index is 10.8. The standard InChI is InChI=1S/C8H9NO/c10-8-5-6-3-1-2-4-7(6)9-8/h1-2,4,6H,3,5H2,(H,9,10). The van der Waals surface area contributed by atoms with Crippen molar-refractivity contribution in [2.75, 3.05) is 0 Å². The van der Waals surface area contributed by atoms with Crippen LogP contribution in [0.15, 0.2) is 23.9 Å². The van der Waals surface area contributed by atoms with Gasteiger partial charge in [-0.25, -0.2) is 0 Å². The third-order valence-corrected chi connectivity index (χ3v) is 1.99. The molecule has 1 aliphatic heterocycles. The number of rotatable bonds is 0. The number of hydrogen-bond acceptors (Lipinski definition) is 1. The van der Waals surface area contributed by atoms with Crippen LogP contribution in [0.1, 0.15) is 12.8 Å². The zero-order chi connectivity index (χ0) is 6.97. The largest absolute Gasteiger partial charge is 0.329 e. The SMILES string of the molecule is O=C1CC2CC=CC=C2N1. The molecule has 0 radical (unpaired) electrons. The minimum absolute atomic E-state index is 0.167.